The van der Waals surface area contributed by atoms with Crippen molar-refractivity contribution in [2.45, 2.75) is 45.4 Å². The molecule has 1 saturated heterocycles. The van der Waals surface area contributed by atoms with Crippen molar-refractivity contribution in [3.8, 4) is 0 Å². The molecular formula is C18H28N2O3S. The van der Waals surface area contributed by atoms with Crippen LogP contribution in [-0.2, 0) is 14.8 Å². The Bertz CT molecular complexity index is 708. The molecule has 0 aromatic heterocycles. The molecule has 0 radical (unpaired) electrons. The summed E-state index contributed by atoms with van der Waals surface area (Å²) in [5.41, 5.74) is 5.43. The van der Waals surface area contributed by atoms with Crippen LogP contribution in [0.5, 0.6) is 0 Å². The number of rotatable bonds is 5. The zero-order valence-corrected chi connectivity index (χ0v) is 15.8. The Morgan fingerprint density at radius 3 is 2.17 bits per heavy atom. The van der Waals surface area contributed by atoms with Crippen molar-refractivity contribution >= 4 is 15.8 Å². The van der Waals surface area contributed by atoms with Gasteiger partial charge in [0, 0.05) is 25.0 Å². The zero-order valence-electron chi connectivity index (χ0n) is 15.0. The molecule has 1 heterocycles. The maximum atomic E-state index is 13.1. The molecule has 0 bridgehead atoms. The van der Waals surface area contributed by atoms with Gasteiger partial charge in [0.2, 0.25) is 10.0 Å². The number of sulfonamides is 1. The van der Waals surface area contributed by atoms with Crippen LogP contribution in [0.2, 0.25) is 0 Å². The average Bonchev–Trinajstić information content (AvgIpc) is 2.58. The maximum absolute atomic E-state index is 13.1. The highest BCUT2D eigenvalue weighted by Gasteiger charge is 2.53. The molecule has 1 aliphatic rings. The van der Waals surface area contributed by atoms with Crippen LogP contribution in [0.15, 0.2) is 29.2 Å². The minimum Gasteiger partial charge on any atom is -0.329 e. The van der Waals surface area contributed by atoms with Gasteiger partial charge in [0.1, 0.15) is 5.78 Å². The van der Waals surface area contributed by atoms with E-state index in [9.17, 15) is 13.2 Å². The van der Waals surface area contributed by atoms with Crippen LogP contribution < -0.4 is 5.73 Å². The van der Waals surface area contributed by atoms with E-state index in [0.717, 1.165) is 5.56 Å². The Labute approximate surface area is 145 Å². The first-order valence-corrected chi connectivity index (χ1v) is 9.91. The van der Waals surface area contributed by atoms with Crippen LogP contribution in [0.25, 0.3) is 0 Å². The topological polar surface area (TPSA) is 80.5 Å². The quantitative estimate of drug-likeness (QED) is 0.882. The number of Topliss-reactive ketones (excluding diaryl/α,β-unsaturated/α-hetero) is 1. The van der Waals surface area contributed by atoms with Crippen molar-refractivity contribution in [2.75, 3.05) is 19.6 Å². The van der Waals surface area contributed by atoms with E-state index in [1.807, 2.05) is 27.7 Å². The number of carbonyl (C=O) groups is 1. The summed E-state index contributed by atoms with van der Waals surface area (Å²) >= 11 is 0. The molecule has 0 amide bonds. The molecule has 0 saturated carbocycles. The van der Waals surface area contributed by atoms with Gasteiger partial charge in [0.05, 0.1) is 10.3 Å². The second kappa shape index (κ2) is 6.58. The summed E-state index contributed by atoms with van der Waals surface area (Å²) in [6, 6.07) is 6.83. The minimum atomic E-state index is -3.65. The maximum Gasteiger partial charge on any atom is 0.243 e. The van der Waals surface area contributed by atoms with Crippen LogP contribution >= 0.6 is 0 Å². The van der Waals surface area contributed by atoms with Gasteiger partial charge in [-0.3, -0.25) is 4.79 Å². The highest BCUT2D eigenvalue weighted by Crippen LogP contribution is 2.42. The number of nitrogens with two attached hydrogens (primary N) is 1. The number of carbonyl (C=O) groups excluding carboxylic acids is 1. The highest BCUT2D eigenvalue weighted by molar-refractivity contribution is 7.89. The van der Waals surface area contributed by atoms with Crippen LogP contribution in [-0.4, -0.2) is 38.1 Å². The first-order chi connectivity index (χ1) is 11.1. The molecule has 24 heavy (non-hydrogen) atoms. The summed E-state index contributed by atoms with van der Waals surface area (Å²) in [4.78, 5) is 13.3. The lowest BCUT2D eigenvalue weighted by molar-refractivity contribution is -0.144. The number of aryl methyl sites for hydroxylation is 1. The molecule has 1 aromatic carbocycles. The lowest BCUT2D eigenvalue weighted by Crippen LogP contribution is -2.62. The van der Waals surface area contributed by atoms with Gasteiger partial charge in [-0.15, -0.1) is 0 Å². The van der Waals surface area contributed by atoms with Crippen molar-refractivity contribution in [3.05, 3.63) is 29.8 Å². The summed E-state index contributed by atoms with van der Waals surface area (Å²) in [6.45, 7) is 8.13. The molecule has 6 heteroatoms. The molecule has 5 nitrogen and oxygen atoms in total. The Hall–Kier alpha value is -1.24. The number of benzene rings is 1. The van der Waals surface area contributed by atoms with Crippen LogP contribution in [0, 0.1) is 17.8 Å². The lowest BCUT2D eigenvalue weighted by Gasteiger charge is -2.48. The van der Waals surface area contributed by atoms with E-state index in [1.54, 1.807) is 24.3 Å². The van der Waals surface area contributed by atoms with Crippen LogP contribution in [0.3, 0.4) is 0 Å². The van der Waals surface area contributed by atoms with Gasteiger partial charge in [-0.1, -0.05) is 38.5 Å². The van der Waals surface area contributed by atoms with Gasteiger partial charge in [-0.2, -0.15) is 4.31 Å². The molecule has 2 N–H and O–H groups in total. The van der Waals surface area contributed by atoms with Gasteiger partial charge in [-0.05, 0) is 31.9 Å². The van der Waals surface area contributed by atoms with E-state index in [0.29, 0.717) is 12.8 Å². The number of nitrogens with zero attached hydrogens (tertiary/aromatic N) is 1. The Morgan fingerprint density at radius 2 is 1.71 bits per heavy atom. The standard InChI is InChI=1S/C18H28N2O3S/c1-5-17(4)12-20(13-18(6-2,11-19)16(17)21)24(22,23)15-9-7-14(3)8-10-15/h7-10H,5-6,11-13,19H2,1-4H3. The molecule has 1 aliphatic heterocycles. The summed E-state index contributed by atoms with van der Waals surface area (Å²) in [5, 5.41) is 0. The molecule has 2 unspecified atom stereocenters. The van der Waals surface area contributed by atoms with E-state index in [1.165, 1.54) is 4.31 Å². The van der Waals surface area contributed by atoms with E-state index in [-0.39, 0.29) is 30.3 Å². The van der Waals surface area contributed by atoms with E-state index < -0.39 is 20.9 Å². The molecule has 2 atom stereocenters. The number of hydrogen-bond donors (Lipinski definition) is 1. The normalized spacial score (nSPS) is 29.0. The monoisotopic (exact) mass is 352 g/mol. The third-order valence-corrected chi connectivity index (χ3v) is 7.35. The average molecular weight is 353 g/mol. The van der Waals surface area contributed by atoms with Crippen molar-refractivity contribution in [1.82, 2.24) is 4.31 Å². The van der Waals surface area contributed by atoms with E-state index >= 15 is 0 Å². The Kier molecular flexibility index (Phi) is 5.23. The SMILES string of the molecule is CCC1(C)CN(S(=O)(=O)c2ccc(C)cc2)CC(CC)(CN)C1=O. The minimum absolute atomic E-state index is 0.0952. The lowest BCUT2D eigenvalue weighted by atomic mass is 9.65. The van der Waals surface area contributed by atoms with Gasteiger partial charge >= 0.3 is 0 Å². The van der Waals surface area contributed by atoms with Crippen LogP contribution in [0.1, 0.15) is 39.2 Å². The molecule has 134 valence electrons. The summed E-state index contributed by atoms with van der Waals surface area (Å²) in [5.74, 6) is 0.0952. The first kappa shape index (κ1) is 19.1. The Morgan fingerprint density at radius 1 is 1.12 bits per heavy atom. The Balaban J connectivity index is 2.49. The fourth-order valence-corrected chi connectivity index (χ4v) is 5.09. The molecule has 0 aliphatic carbocycles. The number of piperidine rings is 1. The predicted molar refractivity (Wildman–Crippen MR) is 95.1 cm³/mol. The van der Waals surface area contributed by atoms with E-state index in [4.69, 9.17) is 5.73 Å². The molecule has 1 fully saturated rings. The second-order valence-electron chi connectivity index (χ2n) is 7.17. The van der Waals surface area contributed by atoms with E-state index in [2.05, 4.69) is 0 Å². The summed E-state index contributed by atoms with van der Waals surface area (Å²) in [7, 11) is -3.65. The fourth-order valence-electron chi connectivity index (χ4n) is 3.44. The summed E-state index contributed by atoms with van der Waals surface area (Å²) < 4.78 is 27.7. The van der Waals surface area contributed by atoms with Gasteiger partial charge in [0.15, 0.2) is 0 Å². The van der Waals surface area contributed by atoms with Crippen LogP contribution in [0.4, 0.5) is 0 Å². The van der Waals surface area contributed by atoms with Gasteiger partial charge in [0.25, 0.3) is 0 Å². The third-order valence-electron chi connectivity index (χ3n) is 5.54. The fraction of sp³-hybridized carbons (Fsp3) is 0.611. The van der Waals surface area contributed by atoms with Crippen molar-refractivity contribution in [3.63, 3.8) is 0 Å². The van der Waals surface area contributed by atoms with Crippen molar-refractivity contribution < 1.29 is 13.2 Å². The molecular weight excluding hydrogens is 324 g/mol. The molecule has 0 spiro atoms. The summed E-state index contributed by atoms with van der Waals surface area (Å²) in [6.07, 6.45) is 1.13. The van der Waals surface area contributed by atoms with Gasteiger partial charge in [-0.25, -0.2) is 8.42 Å². The predicted octanol–water partition coefficient (Wildman–Crippen LogP) is 2.34. The zero-order chi connectivity index (χ0) is 18.2. The number of ketones is 1. The first-order valence-electron chi connectivity index (χ1n) is 8.47. The van der Waals surface area contributed by atoms with Crippen molar-refractivity contribution in [2.24, 2.45) is 16.6 Å². The third kappa shape index (κ3) is 3.03. The van der Waals surface area contributed by atoms with Gasteiger partial charge < -0.3 is 5.73 Å². The number of hydrogen-bond acceptors (Lipinski definition) is 4. The smallest absolute Gasteiger partial charge is 0.243 e. The molecule has 2 rings (SSSR count). The second-order valence-corrected chi connectivity index (χ2v) is 9.11. The largest absolute Gasteiger partial charge is 0.329 e. The molecule has 1 aromatic rings. The van der Waals surface area contributed by atoms with Crippen molar-refractivity contribution in [1.29, 1.82) is 0 Å². The highest BCUT2D eigenvalue weighted by atomic mass is 32.2.